The van der Waals surface area contributed by atoms with E-state index in [4.69, 9.17) is 14.8 Å². The van der Waals surface area contributed by atoms with E-state index in [1.54, 1.807) is 7.11 Å². The minimum absolute atomic E-state index is 0.00522. The number of carbonyl (C=O) groups is 2. The maximum Gasteiger partial charge on any atom is 0.303 e. The van der Waals surface area contributed by atoms with Crippen LogP contribution >= 0.6 is 0 Å². The highest BCUT2D eigenvalue weighted by molar-refractivity contribution is 5.80. The van der Waals surface area contributed by atoms with Gasteiger partial charge in [-0.3, -0.25) is 9.59 Å². The summed E-state index contributed by atoms with van der Waals surface area (Å²) in [6, 6.07) is 13.7. The van der Waals surface area contributed by atoms with Crippen molar-refractivity contribution in [1.82, 2.24) is 14.3 Å². The van der Waals surface area contributed by atoms with E-state index < -0.39 is 5.97 Å². The maximum atomic E-state index is 12.8. The van der Waals surface area contributed by atoms with Crippen molar-refractivity contribution in [3.8, 4) is 17.0 Å². The molecule has 0 bridgehead atoms. The molecule has 3 aromatic rings. The molecule has 4 rings (SSSR count). The van der Waals surface area contributed by atoms with Gasteiger partial charge in [0.1, 0.15) is 11.6 Å². The lowest BCUT2D eigenvalue weighted by molar-refractivity contribution is -0.137. The molecule has 1 saturated heterocycles. The minimum Gasteiger partial charge on any atom is -0.497 e. The van der Waals surface area contributed by atoms with Crippen molar-refractivity contribution in [3.63, 3.8) is 0 Å². The van der Waals surface area contributed by atoms with E-state index in [1.165, 1.54) is 0 Å². The van der Waals surface area contributed by atoms with Crippen LogP contribution in [0.25, 0.3) is 16.8 Å². The first-order valence-electron chi connectivity index (χ1n) is 10.2. The molecule has 3 heterocycles. The molecule has 156 valence electrons. The molecule has 2 aromatic heterocycles. The van der Waals surface area contributed by atoms with Crippen molar-refractivity contribution in [3.05, 3.63) is 54.5 Å². The lowest BCUT2D eigenvalue weighted by Gasteiger charge is -2.24. The van der Waals surface area contributed by atoms with Crippen LogP contribution in [0.2, 0.25) is 0 Å². The molecule has 0 aliphatic carbocycles. The Morgan fingerprint density at radius 2 is 2.07 bits per heavy atom. The van der Waals surface area contributed by atoms with Gasteiger partial charge in [-0.2, -0.15) is 0 Å². The number of hydrogen-bond acceptors (Lipinski definition) is 4. The highest BCUT2D eigenvalue weighted by Crippen LogP contribution is 2.36. The normalized spacial score (nSPS) is 16.2. The molecule has 7 heteroatoms. The zero-order valence-electron chi connectivity index (χ0n) is 17.0. The van der Waals surface area contributed by atoms with Crippen molar-refractivity contribution >= 4 is 17.4 Å². The fraction of sp³-hybridized carbons (Fsp3) is 0.348. The van der Waals surface area contributed by atoms with Crippen molar-refractivity contribution in [2.75, 3.05) is 13.7 Å². The molecule has 1 N–H and O–H groups in total. The van der Waals surface area contributed by atoms with Crippen LogP contribution in [-0.4, -0.2) is 44.9 Å². The fourth-order valence-corrected chi connectivity index (χ4v) is 4.15. The molecule has 1 fully saturated rings. The quantitative estimate of drug-likeness (QED) is 0.642. The summed E-state index contributed by atoms with van der Waals surface area (Å²) in [5.41, 5.74) is 2.79. The number of carboxylic acid groups (broad SMARTS) is 1. The van der Waals surface area contributed by atoms with Crippen molar-refractivity contribution in [1.29, 1.82) is 0 Å². The number of ether oxygens (including phenoxy) is 1. The number of benzene rings is 1. The van der Waals surface area contributed by atoms with E-state index in [2.05, 4.69) is 4.40 Å². The third-order valence-corrected chi connectivity index (χ3v) is 5.57. The highest BCUT2D eigenvalue weighted by Gasteiger charge is 2.33. The van der Waals surface area contributed by atoms with Crippen molar-refractivity contribution in [2.45, 2.75) is 38.1 Å². The lowest BCUT2D eigenvalue weighted by Crippen LogP contribution is -2.31. The Labute approximate surface area is 174 Å². The van der Waals surface area contributed by atoms with Crippen LogP contribution in [0.15, 0.2) is 48.7 Å². The van der Waals surface area contributed by atoms with Gasteiger partial charge in [0.05, 0.1) is 24.4 Å². The van der Waals surface area contributed by atoms with E-state index in [-0.39, 0.29) is 24.8 Å². The third kappa shape index (κ3) is 3.87. The molecule has 1 aromatic carbocycles. The monoisotopic (exact) mass is 407 g/mol. The molecule has 0 saturated carbocycles. The van der Waals surface area contributed by atoms with Gasteiger partial charge in [-0.1, -0.05) is 18.2 Å². The summed E-state index contributed by atoms with van der Waals surface area (Å²) in [6.45, 7) is 0.673. The Morgan fingerprint density at radius 3 is 2.87 bits per heavy atom. The number of aliphatic carboxylic acids is 1. The number of rotatable bonds is 7. The van der Waals surface area contributed by atoms with Gasteiger partial charge >= 0.3 is 5.97 Å². The predicted octanol–water partition coefficient (Wildman–Crippen LogP) is 3.93. The Morgan fingerprint density at radius 1 is 1.20 bits per heavy atom. The van der Waals surface area contributed by atoms with Crippen molar-refractivity contribution < 1.29 is 19.4 Å². The molecule has 1 atom stereocenters. The first-order valence-corrected chi connectivity index (χ1v) is 10.2. The van der Waals surface area contributed by atoms with Crippen LogP contribution in [0.3, 0.4) is 0 Å². The number of methoxy groups -OCH3 is 1. The Hall–Kier alpha value is -3.35. The Bertz CT molecular complexity index is 1080. The standard InChI is InChI=1S/C23H25N3O4/c1-30-17-8-4-7-16(15-17)22-18-9-2-3-13-26(18)23(24-22)19-10-6-14-25(19)20(27)11-5-12-21(28)29/h2-4,7-9,13,15,19H,5-6,10-12,14H2,1H3,(H,28,29). The second-order valence-corrected chi connectivity index (χ2v) is 7.50. The molecule has 0 radical (unpaired) electrons. The first-order chi connectivity index (χ1) is 14.6. The number of likely N-dealkylation sites (tertiary alicyclic amines) is 1. The van der Waals surface area contributed by atoms with E-state index >= 15 is 0 Å². The molecule has 1 unspecified atom stereocenters. The fourth-order valence-electron chi connectivity index (χ4n) is 4.15. The van der Waals surface area contributed by atoms with Crippen LogP contribution in [0.4, 0.5) is 0 Å². The van der Waals surface area contributed by atoms with E-state index in [0.29, 0.717) is 13.0 Å². The average Bonchev–Trinajstić information content (AvgIpc) is 3.38. The molecule has 1 aliphatic heterocycles. The van der Waals surface area contributed by atoms with E-state index in [0.717, 1.165) is 41.2 Å². The van der Waals surface area contributed by atoms with Gasteiger partial charge in [0.25, 0.3) is 0 Å². The van der Waals surface area contributed by atoms with Gasteiger partial charge in [-0.25, -0.2) is 4.98 Å². The third-order valence-electron chi connectivity index (χ3n) is 5.57. The SMILES string of the molecule is COc1cccc(-c2nc(C3CCCN3C(=O)CCCC(=O)O)n3ccccc23)c1. The van der Waals surface area contributed by atoms with Gasteiger partial charge in [-0.15, -0.1) is 0 Å². The number of fused-ring (bicyclic) bond motifs is 1. The zero-order valence-corrected chi connectivity index (χ0v) is 17.0. The summed E-state index contributed by atoms with van der Waals surface area (Å²) in [5.74, 6) is 0.729. The average molecular weight is 407 g/mol. The van der Waals surface area contributed by atoms with Gasteiger partial charge in [0.15, 0.2) is 0 Å². The van der Waals surface area contributed by atoms with Crippen LogP contribution in [0.1, 0.15) is 44.0 Å². The number of carbonyl (C=O) groups excluding carboxylic acids is 1. The van der Waals surface area contributed by atoms with Gasteiger partial charge in [0.2, 0.25) is 5.91 Å². The number of nitrogens with zero attached hydrogens (tertiary/aromatic N) is 3. The number of carboxylic acids is 1. The van der Waals surface area contributed by atoms with Crippen LogP contribution in [0, 0.1) is 0 Å². The van der Waals surface area contributed by atoms with E-state index in [9.17, 15) is 9.59 Å². The molecule has 1 aliphatic rings. The summed E-state index contributed by atoms with van der Waals surface area (Å²) in [4.78, 5) is 30.4. The summed E-state index contributed by atoms with van der Waals surface area (Å²) in [7, 11) is 1.64. The number of amides is 1. The number of pyridine rings is 1. The Balaban J connectivity index is 1.68. The van der Waals surface area contributed by atoms with Crippen molar-refractivity contribution in [2.24, 2.45) is 0 Å². The van der Waals surface area contributed by atoms with Gasteiger partial charge in [0, 0.05) is 31.1 Å². The lowest BCUT2D eigenvalue weighted by atomic mass is 10.1. The first kappa shape index (κ1) is 19.9. The predicted molar refractivity (Wildman–Crippen MR) is 112 cm³/mol. The number of hydrogen-bond donors (Lipinski definition) is 1. The largest absolute Gasteiger partial charge is 0.497 e. The summed E-state index contributed by atoms with van der Waals surface area (Å²) >= 11 is 0. The topological polar surface area (TPSA) is 84.1 Å². The second kappa shape index (κ2) is 8.57. The molecular formula is C23H25N3O4. The van der Waals surface area contributed by atoms with Gasteiger partial charge < -0.3 is 19.1 Å². The number of aromatic nitrogens is 2. The maximum absolute atomic E-state index is 12.8. The Kier molecular flexibility index (Phi) is 5.70. The minimum atomic E-state index is -0.872. The molecule has 0 spiro atoms. The van der Waals surface area contributed by atoms with Crippen LogP contribution < -0.4 is 4.74 Å². The highest BCUT2D eigenvalue weighted by atomic mass is 16.5. The molecule has 30 heavy (non-hydrogen) atoms. The van der Waals surface area contributed by atoms with Gasteiger partial charge in [-0.05, 0) is 43.5 Å². The smallest absolute Gasteiger partial charge is 0.303 e. The second-order valence-electron chi connectivity index (χ2n) is 7.50. The summed E-state index contributed by atoms with van der Waals surface area (Å²) in [5, 5.41) is 8.84. The molecule has 7 nitrogen and oxygen atoms in total. The van der Waals surface area contributed by atoms with Crippen LogP contribution in [-0.2, 0) is 9.59 Å². The molecular weight excluding hydrogens is 382 g/mol. The zero-order chi connectivity index (χ0) is 21.1. The van der Waals surface area contributed by atoms with E-state index in [1.807, 2.05) is 53.6 Å². The number of imidazole rings is 1. The summed E-state index contributed by atoms with van der Waals surface area (Å²) in [6.07, 6.45) is 4.34. The van der Waals surface area contributed by atoms with Crippen LogP contribution in [0.5, 0.6) is 5.75 Å². The molecule has 1 amide bonds. The summed E-state index contributed by atoms with van der Waals surface area (Å²) < 4.78 is 7.43.